The minimum atomic E-state index is -3.53. The zero-order valence-electron chi connectivity index (χ0n) is 10.9. The smallest absolute Gasteiger partial charge is 0.258 e. The Labute approximate surface area is 113 Å². The van der Waals surface area contributed by atoms with Crippen LogP contribution in [-0.2, 0) is 23.0 Å². The second kappa shape index (κ2) is 4.57. The Morgan fingerprint density at radius 3 is 2.79 bits per heavy atom. The van der Waals surface area contributed by atoms with Crippen molar-refractivity contribution in [1.29, 1.82) is 0 Å². The van der Waals surface area contributed by atoms with Crippen LogP contribution in [-0.4, -0.2) is 30.1 Å². The van der Waals surface area contributed by atoms with Crippen LogP contribution in [0.5, 0.6) is 0 Å². The fourth-order valence-electron chi connectivity index (χ4n) is 3.18. The molecule has 0 unspecified atom stereocenters. The Balaban J connectivity index is 1.90. The molecule has 0 radical (unpaired) electrons. The molecule has 0 amide bonds. The molecule has 0 atom stereocenters. The molecule has 19 heavy (non-hydrogen) atoms. The van der Waals surface area contributed by atoms with E-state index in [1.807, 2.05) is 4.57 Å². The standard InChI is InChI=1S/C12H20N4O2S/c13-9-12(5-1-2-6-12)15-19(17,18)11-8-14-10-4-3-7-16(10)11/h8,15H,1-7,9,13H2. The lowest BCUT2D eigenvalue weighted by Crippen LogP contribution is -2.51. The van der Waals surface area contributed by atoms with Gasteiger partial charge in [0.2, 0.25) is 0 Å². The molecule has 1 aliphatic carbocycles. The molecule has 106 valence electrons. The first-order valence-electron chi connectivity index (χ1n) is 6.85. The first kappa shape index (κ1) is 13.1. The second-order valence-corrected chi connectivity index (χ2v) is 7.19. The van der Waals surface area contributed by atoms with Gasteiger partial charge in [-0.05, 0) is 19.3 Å². The van der Waals surface area contributed by atoms with E-state index in [4.69, 9.17) is 5.73 Å². The van der Waals surface area contributed by atoms with E-state index in [1.165, 1.54) is 6.20 Å². The maximum atomic E-state index is 12.5. The molecule has 2 heterocycles. The summed E-state index contributed by atoms with van der Waals surface area (Å²) >= 11 is 0. The van der Waals surface area contributed by atoms with Crippen molar-refractivity contribution >= 4 is 10.0 Å². The van der Waals surface area contributed by atoms with Gasteiger partial charge in [0, 0.05) is 25.0 Å². The van der Waals surface area contributed by atoms with E-state index in [9.17, 15) is 8.42 Å². The zero-order valence-corrected chi connectivity index (χ0v) is 11.7. The molecular formula is C12H20N4O2S. The van der Waals surface area contributed by atoms with Crippen LogP contribution in [0, 0.1) is 0 Å². The van der Waals surface area contributed by atoms with Crippen molar-refractivity contribution in [2.75, 3.05) is 6.54 Å². The highest BCUT2D eigenvalue weighted by Crippen LogP contribution is 2.31. The molecule has 7 heteroatoms. The van der Waals surface area contributed by atoms with Crippen molar-refractivity contribution in [3.63, 3.8) is 0 Å². The molecular weight excluding hydrogens is 264 g/mol. The SMILES string of the molecule is NCC1(NS(=O)(=O)c2cnc3n2CCC3)CCCC1. The number of aryl methyl sites for hydroxylation is 1. The van der Waals surface area contributed by atoms with Gasteiger partial charge in [0.25, 0.3) is 10.0 Å². The second-order valence-electron chi connectivity index (χ2n) is 5.56. The molecule has 1 aliphatic heterocycles. The number of rotatable bonds is 4. The van der Waals surface area contributed by atoms with Gasteiger partial charge in [0.1, 0.15) is 5.82 Å². The number of imidazole rings is 1. The summed E-state index contributed by atoms with van der Waals surface area (Å²) in [5.74, 6) is 0.869. The summed E-state index contributed by atoms with van der Waals surface area (Å²) in [5.41, 5.74) is 5.34. The summed E-state index contributed by atoms with van der Waals surface area (Å²) in [6.45, 7) is 1.09. The highest BCUT2D eigenvalue weighted by molar-refractivity contribution is 7.89. The third-order valence-electron chi connectivity index (χ3n) is 4.26. The molecule has 1 saturated carbocycles. The van der Waals surface area contributed by atoms with Gasteiger partial charge in [-0.15, -0.1) is 0 Å². The monoisotopic (exact) mass is 284 g/mol. The Morgan fingerprint density at radius 2 is 2.11 bits per heavy atom. The lowest BCUT2D eigenvalue weighted by molar-refractivity contribution is 0.397. The van der Waals surface area contributed by atoms with Crippen LogP contribution in [0.2, 0.25) is 0 Å². The predicted molar refractivity (Wildman–Crippen MR) is 71.1 cm³/mol. The van der Waals surface area contributed by atoms with Crippen molar-refractivity contribution in [1.82, 2.24) is 14.3 Å². The Bertz CT molecular complexity index is 573. The summed E-state index contributed by atoms with van der Waals surface area (Å²) in [7, 11) is -3.53. The van der Waals surface area contributed by atoms with Crippen LogP contribution in [0.1, 0.15) is 37.9 Å². The van der Waals surface area contributed by atoms with Gasteiger partial charge >= 0.3 is 0 Å². The molecule has 0 saturated heterocycles. The van der Waals surface area contributed by atoms with Crippen molar-refractivity contribution in [2.24, 2.45) is 5.73 Å². The Kier molecular flexibility index (Phi) is 3.15. The maximum Gasteiger partial charge on any atom is 0.258 e. The van der Waals surface area contributed by atoms with Crippen LogP contribution in [0.3, 0.4) is 0 Å². The number of sulfonamides is 1. The van der Waals surface area contributed by atoms with Crippen LogP contribution in [0.4, 0.5) is 0 Å². The van der Waals surface area contributed by atoms with Gasteiger partial charge in [-0.25, -0.2) is 18.1 Å². The fraction of sp³-hybridized carbons (Fsp3) is 0.750. The van der Waals surface area contributed by atoms with Crippen molar-refractivity contribution in [3.8, 4) is 0 Å². The van der Waals surface area contributed by atoms with Crippen LogP contribution < -0.4 is 10.5 Å². The highest BCUT2D eigenvalue weighted by Gasteiger charge is 2.38. The fourth-order valence-corrected chi connectivity index (χ4v) is 4.82. The summed E-state index contributed by atoms with van der Waals surface area (Å²) in [5, 5.41) is 0.291. The average molecular weight is 284 g/mol. The van der Waals surface area contributed by atoms with Gasteiger partial charge in [-0.1, -0.05) is 12.8 Å². The average Bonchev–Trinajstić information content (AvgIpc) is 3.02. The van der Waals surface area contributed by atoms with E-state index < -0.39 is 15.6 Å². The van der Waals surface area contributed by atoms with E-state index >= 15 is 0 Å². The molecule has 1 aromatic heterocycles. The summed E-state index contributed by atoms with van der Waals surface area (Å²) in [4.78, 5) is 4.20. The quantitative estimate of drug-likeness (QED) is 0.836. The molecule has 1 aromatic rings. The third-order valence-corrected chi connectivity index (χ3v) is 5.84. The number of fused-ring (bicyclic) bond motifs is 1. The molecule has 0 spiro atoms. The Hall–Kier alpha value is -0.920. The number of aromatic nitrogens is 2. The molecule has 0 aromatic carbocycles. The minimum Gasteiger partial charge on any atom is -0.329 e. The van der Waals surface area contributed by atoms with Gasteiger partial charge in [-0.3, -0.25) is 0 Å². The first-order chi connectivity index (χ1) is 9.06. The van der Waals surface area contributed by atoms with Crippen LogP contribution >= 0.6 is 0 Å². The van der Waals surface area contributed by atoms with Crippen molar-refractivity contribution in [3.05, 3.63) is 12.0 Å². The molecule has 3 N–H and O–H groups in total. The zero-order chi connectivity index (χ0) is 13.5. The third kappa shape index (κ3) is 2.19. The first-order valence-corrected chi connectivity index (χ1v) is 8.33. The lowest BCUT2D eigenvalue weighted by atomic mass is 10.0. The number of nitrogens with one attached hydrogen (secondary N) is 1. The molecule has 3 rings (SSSR count). The summed E-state index contributed by atoms with van der Waals surface area (Å²) < 4.78 is 29.7. The van der Waals surface area contributed by atoms with E-state index in [1.54, 1.807) is 0 Å². The van der Waals surface area contributed by atoms with E-state index in [0.29, 0.717) is 11.6 Å². The lowest BCUT2D eigenvalue weighted by Gasteiger charge is -2.28. The normalized spacial score (nSPS) is 21.7. The topological polar surface area (TPSA) is 90.0 Å². The molecule has 6 nitrogen and oxygen atoms in total. The predicted octanol–water partition coefficient (Wildman–Crippen LogP) is 0.379. The van der Waals surface area contributed by atoms with Crippen molar-refractivity contribution in [2.45, 2.75) is 55.6 Å². The molecule has 1 fully saturated rings. The summed E-state index contributed by atoms with van der Waals surface area (Å²) in [6.07, 6.45) is 7.00. The van der Waals surface area contributed by atoms with Crippen molar-refractivity contribution < 1.29 is 8.42 Å². The highest BCUT2D eigenvalue weighted by atomic mass is 32.2. The summed E-state index contributed by atoms with van der Waals surface area (Å²) in [6, 6.07) is 0. The minimum absolute atomic E-state index is 0.291. The Morgan fingerprint density at radius 1 is 1.37 bits per heavy atom. The van der Waals surface area contributed by atoms with Gasteiger partial charge in [-0.2, -0.15) is 0 Å². The number of hydrogen-bond donors (Lipinski definition) is 2. The molecule has 0 bridgehead atoms. The van der Waals surface area contributed by atoms with Crippen LogP contribution in [0.25, 0.3) is 0 Å². The number of nitrogens with zero attached hydrogens (tertiary/aromatic N) is 2. The largest absolute Gasteiger partial charge is 0.329 e. The van der Waals surface area contributed by atoms with Gasteiger partial charge < -0.3 is 10.3 Å². The van der Waals surface area contributed by atoms with Crippen LogP contribution in [0.15, 0.2) is 11.2 Å². The van der Waals surface area contributed by atoms with E-state index in [-0.39, 0.29) is 0 Å². The number of hydrogen-bond acceptors (Lipinski definition) is 4. The van der Waals surface area contributed by atoms with E-state index in [0.717, 1.165) is 50.9 Å². The van der Waals surface area contributed by atoms with Gasteiger partial charge in [0.05, 0.1) is 6.20 Å². The maximum absolute atomic E-state index is 12.5. The van der Waals surface area contributed by atoms with Gasteiger partial charge in [0.15, 0.2) is 5.03 Å². The van der Waals surface area contributed by atoms with E-state index in [2.05, 4.69) is 9.71 Å². The molecule has 2 aliphatic rings. The number of nitrogens with two attached hydrogens (primary N) is 1.